The molecule has 14 heavy (non-hydrogen) atoms. The van der Waals surface area contributed by atoms with E-state index in [1.165, 1.54) is 25.7 Å². The molecule has 1 aliphatic carbocycles. The van der Waals surface area contributed by atoms with E-state index in [0.29, 0.717) is 11.3 Å². The van der Waals surface area contributed by atoms with E-state index in [9.17, 15) is 0 Å². The second kappa shape index (κ2) is 4.81. The Morgan fingerprint density at radius 1 is 1.29 bits per heavy atom. The molecule has 0 atom stereocenters. The van der Waals surface area contributed by atoms with Gasteiger partial charge in [-0.15, -0.1) is 0 Å². The van der Waals surface area contributed by atoms with Crippen LogP contribution in [0.1, 0.15) is 52.9 Å². The first-order valence-corrected chi connectivity index (χ1v) is 5.79. The van der Waals surface area contributed by atoms with Crippen LogP contribution in [0.5, 0.6) is 0 Å². The summed E-state index contributed by atoms with van der Waals surface area (Å²) < 4.78 is 0. The normalized spacial score (nSPS) is 20.4. The fraction of sp³-hybridized carbons (Fsp3) is 0.917. The first-order chi connectivity index (χ1) is 6.49. The summed E-state index contributed by atoms with van der Waals surface area (Å²) in [4.78, 5) is 4.49. The Labute approximate surface area is 88.0 Å². The van der Waals surface area contributed by atoms with E-state index in [4.69, 9.17) is 5.73 Å². The first kappa shape index (κ1) is 11.5. The van der Waals surface area contributed by atoms with Crippen LogP contribution in [-0.4, -0.2) is 12.4 Å². The molecule has 0 saturated heterocycles. The molecule has 0 aromatic rings. The van der Waals surface area contributed by atoms with Crippen molar-refractivity contribution in [2.45, 2.75) is 52.9 Å². The van der Waals surface area contributed by atoms with Gasteiger partial charge in [-0.05, 0) is 24.7 Å². The van der Waals surface area contributed by atoms with Gasteiger partial charge in [-0.2, -0.15) is 0 Å². The molecule has 82 valence electrons. The lowest BCUT2D eigenvalue weighted by atomic mass is 9.92. The van der Waals surface area contributed by atoms with Crippen LogP contribution in [0.15, 0.2) is 4.99 Å². The second-order valence-electron chi connectivity index (χ2n) is 5.60. The Morgan fingerprint density at radius 3 is 2.36 bits per heavy atom. The van der Waals surface area contributed by atoms with Crippen LogP contribution in [0, 0.1) is 11.3 Å². The first-order valence-electron chi connectivity index (χ1n) is 5.79. The number of nitrogens with zero attached hydrogens (tertiary/aromatic N) is 1. The maximum atomic E-state index is 5.96. The van der Waals surface area contributed by atoms with Gasteiger partial charge in [-0.25, -0.2) is 0 Å². The van der Waals surface area contributed by atoms with E-state index in [-0.39, 0.29) is 0 Å². The van der Waals surface area contributed by atoms with Crippen molar-refractivity contribution in [3.05, 3.63) is 0 Å². The molecule has 1 saturated carbocycles. The van der Waals surface area contributed by atoms with Gasteiger partial charge in [0.25, 0.3) is 0 Å². The number of amidine groups is 1. The minimum Gasteiger partial charge on any atom is -0.387 e. The van der Waals surface area contributed by atoms with Gasteiger partial charge in [-0.1, -0.05) is 33.6 Å². The van der Waals surface area contributed by atoms with Gasteiger partial charge in [0.1, 0.15) is 0 Å². The van der Waals surface area contributed by atoms with Crippen LogP contribution in [0.4, 0.5) is 0 Å². The molecule has 0 radical (unpaired) electrons. The van der Waals surface area contributed by atoms with Crippen LogP contribution >= 0.6 is 0 Å². The van der Waals surface area contributed by atoms with Crippen molar-refractivity contribution in [2.75, 3.05) is 6.54 Å². The highest BCUT2D eigenvalue weighted by molar-refractivity contribution is 5.83. The lowest BCUT2D eigenvalue weighted by Crippen LogP contribution is -2.22. The Balaban J connectivity index is 2.29. The van der Waals surface area contributed by atoms with Crippen molar-refractivity contribution in [1.29, 1.82) is 0 Å². The molecule has 0 aliphatic heterocycles. The third-order valence-corrected chi connectivity index (χ3v) is 2.93. The van der Waals surface area contributed by atoms with Crippen LogP contribution in [0.3, 0.4) is 0 Å². The lowest BCUT2D eigenvalue weighted by Gasteiger charge is -2.16. The fourth-order valence-electron chi connectivity index (χ4n) is 1.87. The van der Waals surface area contributed by atoms with Gasteiger partial charge in [0, 0.05) is 12.5 Å². The van der Waals surface area contributed by atoms with Crippen LogP contribution in [0.2, 0.25) is 0 Å². The molecule has 1 fully saturated rings. The maximum Gasteiger partial charge on any atom is 0.0968 e. The summed E-state index contributed by atoms with van der Waals surface area (Å²) in [7, 11) is 0. The molecule has 0 bridgehead atoms. The molecule has 1 aliphatic rings. The predicted octanol–water partition coefficient (Wildman–Crippen LogP) is 2.97. The highest BCUT2D eigenvalue weighted by Gasteiger charge is 2.18. The summed E-state index contributed by atoms with van der Waals surface area (Å²) in [5.41, 5.74) is 6.33. The highest BCUT2D eigenvalue weighted by atomic mass is 14.9. The van der Waals surface area contributed by atoms with Crippen molar-refractivity contribution in [2.24, 2.45) is 22.1 Å². The van der Waals surface area contributed by atoms with Gasteiger partial charge in [0.2, 0.25) is 0 Å². The highest BCUT2D eigenvalue weighted by Crippen LogP contribution is 2.25. The monoisotopic (exact) mass is 196 g/mol. The molecule has 0 aromatic carbocycles. The van der Waals surface area contributed by atoms with Gasteiger partial charge in [0.15, 0.2) is 0 Å². The van der Waals surface area contributed by atoms with E-state index in [1.54, 1.807) is 0 Å². The molecule has 2 heteroatoms. The molecular weight excluding hydrogens is 172 g/mol. The Bertz CT molecular complexity index is 195. The van der Waals surface area contributed by atoms with E-state index in [0.717, 1.165) is 18.8 Å². The van der Waals surface area contributed by atoms with Crippen LogP contribution < -0.4 is 5.73 Å². The number of rotatable bonds is 3. The number of nitrogens with two attached hydrogens (primary N) is 1. The topological polar surface area (TPSA) is 38.4 Å². The summed E-state index contributed by atoms with van der Waals surface area (Å²) in [6.07, 6.45) is 6.30. The van der Waals surface area contributed by atoms with Crippen molar-refractivity contribution >= 4 is 5.84 Å². The summed E-state index contributed by atoms with van der Waals surface area (Å²) in [6.45, 7) is 7.63. The molecule has 0 unspecified atom stereocenters. The Kier molecular flexibility index (Phi) is 3.97. The molecule has 1 rings (SSSR count). The number of hydrogen-bond acceptors (Lipinski definition) is 1. The molecule has 0 heterocycles. The summed E-state index contributed by atoms with van der Waals surface area (Å²) >= 11 is 0. The van der Waals surface area contributed by atoms with E-state index < -0.39 is 0 Å². The quantitative estimate of drug-likeness (QED) is 0.547. The molecule has 2 nitrogen and oxygen atoms in total. The second-order valence-corrected chi connectivity index (χ2v) is 5.60. The zero-order valence-electron chi connectivity index (χ0n) is 9.84. The zero-order chi connectivity index (χ0) is 10.6. The maximum absolute atomic E-state index is 5.96. The minimum absolute atomic E-state index is 0.374. The largest absolute Gasteiger partial charge is 0.387 e. The van der Waals surface area contributed by atoms with Crippen molar-refractivity contribution < 1.29 is 0 Å². The van der Waals surface area contributed by atoms with Crippen LogP contribution in [-0.2, 0) is 0 Å². The van der Waals surface area contributed by atoms with Crippen LogP contribution in [0.25, 0.3) is 0 Å². The summed E-state index contributed by atoms with van der Waals surface area (Å²) in [6, 6.07) is 0. The Morgan fingerprint density at radius 2 is 1.86 bits per heavy atom. The molecule has 0 spiro atoms. The lowest BCUT2D eigenvalue weighted by molar-refractivity contribution is 0.385. The van der Waals surface area contributed by atoms with Gasteiger partial charge < -0.3 is 5.73 Å². The molecular formula is C12H24N2. The predicted molar refractivity (Wildman–Crippen MR) is 62.5 cm³/mol. The SMILES string of the molecule is CC(C)(C)CCN=C(N)C1CCCC1. The van der Waals surface area contributed by atoms with Crippen molar-refractivity contribution in [3.8, 4) is 0 Å². The third-order valence-electron chi connectivity index (χ3n) is 2.93. The van der Waals surface area contributed by atoms with E-state index in [1.807, 2.05) is 0 Å². The van der Waals surface area contributed by atoms with Gasteiger partial charge in [-0.3, -0.25) is 4.99 Å². The standard InChI is InChI=1S/C12H24N2/c1-12(2,3)8-9-14-11(13)10-6-4-5-7-10/h10H,4-9H2,1-3H3,(H2,13,14). The number of hydrogen-bond donors (Lipinski definition) is 1. The van der Waals surface area contributed by atoms with E-state index in [2.05, 4.69) is 25.8 Å². The average molecular weight is 196 g/mol. The fourth-order valence-corrected chi connectivity index (χ4v) is 1.87. The van der Waals surface area contributed by atoms with E-state index >= 15 is 0 Å². The summed E-state index contributed by atoms with van der Waals surface area (Å²) in [5, 5.41) is 0. The van der Waals surface area contributed by atoms with Gasteiger partial charge >= 0.3 is 0 Å². The summed E-state index contributed by atoms with van der Waals surface area (Å²) in [5.74, 6) is 1.50. The zero-order valence-corrected chi connectivity index (χ0v) is 9.84. The number of aliphatic imine (C=N–C) groups is 1. The Hall–Kier alpha value is -0.530. The van der Waals surface area contributed by atoms with Crippen molar-refractivity contribution in [3.63, 3.8) is 0 Å². The minimum atomic E-state index is 0.374. The molecule has 0 aromatic heterocycles. The average Bonchev–Trinajstić information content (AvgIpc) is 2.53. The van der Waals surface area contributed by atoms with Crippen molar-refractivity contribution in [1.82, 2.24) is 0 Å². The smallest absolute Gasteiger partial charge is 0.0968 e. The third kappa shape index (κ3) is 4.12. The molecule has 0 amide bonds. The molecule has 2 N–H and O–H groups in total. The van der Waals surface area contributed by atoms with Gasteiger partial charge in [0.05, 0.1) is 5.84 Å².